The number of hydrogen-bond donors (Lipinski definition) is 0. The third-order valence-corrected chi connectivity index (χ3v) is 6.48. The molecule has 3 rings (SSSR count). The third kappa shape index (κ3) is 2.70. The van der Waals surface area contributed by atoms with E-state index in [1.807, 2.05) is 36.4 Å². The summed E-state index contributed by atoms with van der Waals surface area (Å²) in [4.78, 5) is 0.440. The molecule has 2 aromatic carbocycles. The molecule has 0 atom stereocenters. The van der Waals surface area contributed by atoms with E-state index in [9.17, 15) is 8.42 Å². The van der Waals surface area contributed by atoms with Crippen LogP contribution in [0.2, 0.25) is 0 Å². The summed E-state index contributed by atoms with van der Waals surface area (Å²) in [7, 11) is -3.39. The van der Waals surface area contributed by atoms with Gasteiger partial charge in [0, 0.05) is 18.5 Å². The van der Waals surface area contributed by atoms with Crippen molar-refractivity contribution >= 4 is 20.8 Å². The molecule has 0 spiro atoms. The second-order valence-corrected chi connectivity index (χ2v) is 7.64. The molecule has 1 aliphatic heterocycles. The molecule has 1 aliphatic rings. The number of nitrogens with zero attached hydrogens (tertiary/aromatic N) is 1. The topological polar surface area (TPSA) is 37.4 Å². The van der Waals surface area contributed by atoms with Crippen molar-refractivity contribution in [1.82, 2.24) is 4.31 Å². The second kappa shape index (κ2) is 5.78. The first-order valence-corrected chi connectivity index (χ1v) is 9.05. The van der Waals surface area contributed by atoms with Crippen LogP contribution in [0.15, 0.2) is 47.4 Å². The number of sulfonamides is 1. The van der Waals surface area contributed by atoms with Crippen LogP contribution in [-0.4, -0.2) is 25.8 Å². The summed E-state index contributed by atoms with van der Waals surface area (Å²) in [6.07, 6.45) is 3.09. The summed E-state index contributed by atoms with van der Waals surface area (Å²) in [5.41, 5.74) is 0. The Kier molecular flexibility index (Phi) is 4.00. The minimum atomic E-state index is -3.39. The minimum absolute atomic E-state index is 0.440. The Hall–Kier alpha value is -1.39. The lowest BCUT2D eigenvalue weighted by Gasteiger charge is -2.31. The molecule has 1 heterocycles. The summed E-state index contributed by atoms with van der Waals surface area (Å²) in [6.45, 7) is 3.47. The molecule has 0 saturated carbocycles. The molecule has 4 heteroatoms. The first kappa shape index (κ1) is 14.5. The molecule has 0 radical (unpaired) electrons. The normalized spacial score (nSPS) is 18.1. The van der Waals surface area contributed by atoms with E-state index >= 15 is 0 Å². The summed E-state index contributed by atoms with van der Waals surface area (Å²) >= 11 is 0. The van der Waals surface area contributed by atoms with Crippen LogP contribution in [0.1, 0.15) is 26.2 Å². The van der Waals surface area contributed by atoms with E-state index in [1.165, 1.54) is 0 Å². The quantitative estimate of drug-likeness (QED) is 0.868. The highest BCUT2D eigenvalue weighted by molar-refractivity contribution is 7.89. The first-order chi connectivity index (χ1) is 10.1. The molecule has 1 fully saturated rings. The summed E-state index contributed by atoms with van der Waals surface area (Å²) in [5, 5.41) is 1.79. The lowest BCUT2D eigenvalue weighted by atomic mass is 9.96. The average Bonchev–Trinajstić information content (AvgIpc) is 2.54. The van der Waals surface area contributed by atoms with Gasteiger partial charge in [0.15, 0.2) is 0 Å². The molecule has 3 nitrogen and oxygen atoms in total. The van der Waals surface area contributed by atoms with Gasteiger partial charge < -0.3 is 0 Å². The van der Waals surface area contributed by atoms with E-state index in [1.54, 1.807) is 10.4 Å². The Labute approximate surface area is 126 Å². The van der Waals surface area contributed by atoms with Crippen molar-refractivity contribution in [2.45, 2.75) is 31.1 Å². The monoisotopic (exact) mass is 303 g/mol. The van der Waals surface area contributed by atoms with E-state index < -0.39 is 10.0 Å². The maximum atomic E-state index is 12.9. The van der Waals surface area contributed by atoms with Crippen molar-refractivity contribution in [1.29, 1.82) is 0 Å². The molecule has 2 aromatic rings. The van der Waals surface area contributed by atoms with E-state index in [2.05, 4.69) is 6.92 Å². The van der Waals surface area contributed by atoms with Crippen LogP contribution in [0.4, 0.5) is 0 Å². The van der Waals surface area contributed by atoms with Crippen LogP contribution >= 0.6 is 0 Å². The van der Waals surface area contributed by atoms with Crippen LogP contribution in [0.5, 0.6) is 0 Å². The van der Waals surface area contributed by atoms with Crippen LogP contribution < -0.4 is 0 Å². The predicted octanol–water partition coefficient (Wildman–Crippen LogP) is 3.65. The minimum Gasteiger partial charge on any atom is -0.207 e. The Morgan fingerprint density at radius 3 is 2.43 bits per heavy atom. The first-order valence-electron chi connectivity index (χ1n) is 7.61. The molecule has 0 aromatic heterocycles. The van der Waals surface area contributed by atoms with Crippen molar-refractivity contribution < 1.29 is 8.42 Å². The Balaban J connectivity index is 1.98. The Bertz CT molecular complexity index is 726. The number of fused-ring (bicyclic) bond motifs is 1. The number of rotatable bonds is 3. The zero-order valence-electron chi connectivity index (χ0n) is 12.3. The van der Waals surface area contributed by atoms with Crippen molar-refractivity contribution in [3.05, 3.63) is 42.5 Å². The van der Waals surface area contributed by atoms with Gasteiger partial charge in [-0.05, 0) is 30.2 Å². The van der Waals surface area contributed by atoms with Gasteiger partial charge in [-0.25, -0.2) is 8.42 Å². The van der Waals surface area contributed by atoms with E-state index in [0.717, 1.165) is 30.0 Å². The SMILES string of the molecule is CCC1CCN(S(=O)(=O)c2cccc3ccccc23)CC1. The molecule has 0 aliphatic carbocycles. The lowest BCUT2D eigenvalue weighted by Crippen LogP contribution is -2.38. The summed E-state index contributed by atoms with van der Waals surface area (Å²) in [6, 6.07) is 13.2. The van der Waals surface area contributed by atoms with Crippen LogP contribution in [0.25, 0.3) is 10.8 Å². The molecular weight excluding hydrogens is 282 g/mol. The van der Waals surface area contributed by atoms with Gasteiger partial charge in [0.1, 0.15) is 0 Å². The van der Waals surface area contributed by atoms with Gasteiger partial charge >= 0.3 is 0 Å². The molecule has 21 heavy (non-hydrogen) atoms. The standard InChI is InChI=1S/C17H21NO2S/c1-2-14-10-12-18(13-11-14)21(19,20)17-9-5-7-15-6-3-4-8-16(15)17/h3-9,14H,2,10-13H2,1H3. The number of piperidine rings is 1. The van der Waals surface area contributed by atoms with Gasteiger partial charge in [0.25, 0.3) is 0 Å². The van der Waals surface area contributed by atoms with Crippen LogP contribution in [0.3, 0.4) is 0 Å². The van der Waals surface area contributed by atoms with E-state index in [4.69, 9.17) is 0 Å². The molecule has 0 unspecified atom stereocenters. The van der Waals surface area contributed by atoms with Crippen molar-refractivity contribution in [2.75, 3.05) is 13.1 Å². The Morgan fingerprint density at radius 1 is 1.05 bits per heavy atom. The van der Waals surface area contributed by atoms with Crippen molar-refractivity contribution in [3.63, 3.8) is 0 Å². The van der Waals surface area contributed by atoms with Gasteiger partial charge in [-0.1, -0.05) is 49.7 Å². The number of benzene rings is 2. The van der Waals surface area contributed by atoms with Gasteiger partial charge in [-0.3, -0.25) is 0 Å². The maximum absolute atomic E-state index is 12.9. The zero-order chi connectivity index (χ0) is 14.9. The molecule has 0 bridgehead atoms. The zero-order valence-corrected chi connectivity index (χ0v) is 13.1. The largest absolute Gasteiger partial charge is 0.243 e. The molecule has 112 valence electrons. The highest BCUT2D eigenvalue weighted by atomic mass is 32.2. The smallest absolute Gasteiger partial charge is 0.207 e. The lowest BCUT2D eigenvalue weighted by molar-refractivity contribution is 0.269. The van der Waals surface area contributed by atoms with Crippen LogP contribution in [0, 0.1) is 5.92 Å². The fraction of sp³-hybridized carbons (Fsp3) is 0.412. The maximum Gasteiger partial charge on any atom is 0.243 e. The van der Waals surface area contributed by atoms with Gasteiger partial charge in [-0.2, -0.15) is 4.31 Å². The van der Waals surface area contributed by atoms with Gasteiger partial charge in [0.2, 0.25) is 10.0 Å². The molecular formula is C17H21NO2S. The highest BCUT2D eigenvalue weighted by Crippen LogP contribution is 2.29. The highest BCUT2D eigenvalue weighted by Gasteiger charge is 2.29. The van der Waals surface area contributed by atoms with Crippen LogP contribution in [-0.2, 0) is 10.0 Å². The fourth-order valence-electron chi connectivity index (χ4n) is 3.12. The fourth-order valence-corrected chi connectivity index (χ4v) is 4.80. The third-order valence-electron chi connectivity index (χ3n) is 4.52. The number of hydrogen-bond acceptors (Lipinski definition) is 2. The molecule has 0 amide bonds. The van der Waals surface area contributed by atoms with Gasteiger partial charge in [0.05, 0.1) is 4.90 Å². The van der Waals surface area contributed by atoms with Crippen molar-refractivity contribution in [3.8, 4) is 0 Å². The van der Waals surface area contributed by atoms with E-state index in [-0.39, 0.29) is 0 Å². The molecule has 1 saturated heterocycles. The Morgan fingerprint density at radius 2 is 1.71 bits per heavy atom. The van der Waals surface area contributed by atoms with Crippen molar-refractivity contribution in [2.24, 2.45) is 5.92 Å². The second-order valence-electron chi connectivity index (χ2n) is 5.73. The van der Waals surface area contributed by atoms with E-state index in [0.29, 0.717) is 23.9 Å². The summed E-state index contributed by atoms with van der Waals surface area (Å²) < 4.78 is 27.5. The summed E-state index contributed by atoms with van der Waals surface area (Å²) in [5.74, 6) is 0.670. The molecule has 0 N–H and O–H groups in total. The average molecular weight is 303 g/mol. The van der Waals surface area contributed by atoms with Gasteiger partial charge in [-0.15, -0.1) is 0 Å². The predicted molar refractivity (Wildman–Crippen MR) is 85.7 cm³/mol.